The predicted molar refractivity (Wildman–Crippen MR) is 76.8 cm³/mol. The molecule has 1 saturated carbocycles. The third kappa shape index (κ3) is 3.38. The smallest absolute Gasteiger partial charge is 0.323 e. The Balaban J connectivity index is 2.17. The van der Waals surface area contributed by atoms with E-state index in [0.29, 0.717) is 5.56 Å². The van der Waals surface area contributed by atoms with Gasteiger partial charge in [-0.1, -0.05) is 32.9 Å². The fraction of sp³-hybridized carbons (Fsp3) is 0.500. The Bertz CT molecular complexity index is 510. The third-order valence-electron chi connectivity index (χ3n) is 3.55. The number of rotatable bonds is 4. The Morgan fingerprint density at radius 3 is 2.15 bits per heavy atom. The van der Waals surface area contributed by atoms with Crippen molar-refractivity contribution in [3.8, 4) is 0 Å². The zero-order chi connectivity index (χ0) is 14.9. The summed E-state index contributed by atoms with van der Waals surface area (Å²) >= 11 is 0. The summed E-state index contributed by atoms with van der Waals surface area (Å²) in [6, 6.07) is 7.57. The van der Waals surface area contributed by atoms with Crippen molar-refractivity contribution in [2.24, 2.45) is 0 Å². The van der Waals surface area contributed by atoms with E-state index in [4.69, 9.17) is 5.11 Å². The summed E-state index contributed by atoms with van der Waals surface area (Å²) in [5, 5.41) is 8.91. The maximum atomic E-state index is 12.4. The molecule has 0 spiro atoms. The van der Waals surface area contributed by atoms with E-state index in [2.05, 4.69) is 20.8 Å². The molecule has 0 aliphatic heterocycles. The molecule has 0 unspecified atom stereocenters. The molecule has 108 valence electrons. The van der Waals surface area contributed by atoms with Gasteiger partial charge in [0.2, 0.25) is 0 Å². The van der Waals surface area contributed by atoms with Crippen LogP contribution in [0, 0.1) is 0 Å². The SMILES string of the molecule is CC(C)(C)c1ccc(C(=O)N(CC(=O)O)C2CC2)cc1. The average molecular weight is 275 g/mol. The number of hydrogen-bond acceptors (Lipinski definition) is 2. The molecule has 0 bridgehead atoms. The normalized spacial score (nSPS) is 14.9. The second-order valence-corrected chi connectivity index (χ2v) is 6.39. The van der Waals surface area contributed by atoms with Crippen LogP contribution in [0.3, 0.4) is 0 Å². The van der Waals surface area contributed by atoms with Gasteiger partial charge in [0, 0.05) is 11.6 Å². The first kappa shape index (κ1) is 14.6. The van der Waals surface area contributed by atoms with Gasteiger partial charge in [0.25, 0.3) is 5.91 Å². The van der Waals surface area contributed by atoms with E-state index in [9.17, 15) is 9.59 Å². The van der Waals surface area contributed by atoms with Gasteiger partial charge in [0.05, 0.1) is 0 Å². The fourth-order valence-corrected chi connectivity index (χ4v) is 2.18. The summed E-state index contributed by atoms with van der Waals surface area (Å²) < 4.78 is 0. The van der Waals surface area contributed by atoms with E-state index in [1.165, 1.54) is 4.90 Å². The third-order valence-corrected chi connectivity index (χ3v) is 3.55. The Hall–Kier alpha value is -1.84. The van der Waals surface area contributed by atoms with Crippen LogP contribution in [0.15, 0.2) is 24.3 Å². The zero-order valence-corrected chi connectivity index (χ0v) is 12.2. The molecular formula is C16H21NO3. The van der Waals surface area contributed by atoms with Gasteiger partial charge in [-0.3, -0.25) is 9.59 Å². The van der Waals surface area contributed by atoms with Gasteiger partial charge in [-0.15, -0.1) is 0 Å². The average Bonchev–Trinajstić information content (AvgIpc) is 3.18. The number of carboxylic acids is 1. The molecule has 4 heteroatoms. The quantitative estimate of drug-likeness (QED) is 0.919. The standard InChI is InChI=1S/C16H21NO3/c1-16(2,3)12-6-4-11(5-7-12)15(20)17(10-14(18)19)13-8-9-13/h4-7,13H,8-10H2,1-3H3,(H,18,19). The number of carbonyl (C=O) groups excluding carboxylic acids is 1. The van der Waals surface area contributed by atoms with Crippen LogP contribution >= 0.6 is 0 Å². The molecule has 1 aromatic rings. The summed E-state index contributed by atoms with van der Waals surface area (Å²) in [5.74, 6) is -1.15. The van der Waals surface area contributed by atoms with E-state index in [1.54, 1.807) is 12.1 Å². The monoisotopic (exact) mass is 275 g/mol. The number of benzene rings is 1. The van der Waals surface area contributed by atoms with Crippen molar-refractivity contribution in [2.45, 2.75) is 45.1 Å². The topological polar surface area (TPSA) is 57.6 Å². The van der Waals surface area contributed by atoms with Crippen LogP contribution in [-0.4, -0.2) is 34.5 Å². The lowest BCUT2D eigenvalue weighted by Crippen LogP contribution is -2.37. The Morgan fingerprint density at radius 1 is 1.20 bits per heavy atom. The van der Waals surface area contributed by atoms with Crippen LogP contribution in [0.2, 0.25) is 0 Å². The van der Waals surface area contributed by atoms with Crippen LogP contribution in [0.5, 0.6) is 0 Å². The molecule has 1 aliphatic carbocycles. The number of hydrogen-bond donors (Lipinski definition) is 1. The van der Waals surface area contributed by atoms with Crippen molar-refractivity contribution in [3.63, 3.8) is 0 Å². The second-order valence-electron chi connectivity index (χ2n) is 6.39. The van der Waals surface area contributed by atoms with Crippen molar-refractivity contribution in [1.82, 2.24) is 4.90 Å². The van der Waals surface area contributed by atoms with Gasteiger partial charge in [-0.2, -0.15) is 0 Å². The summed E-state index contributed by atoms with van der Waals surface area (Å²) in [6.07, 6.45) is 1.80. The first-order valence-corrected chi connectivity index (χ1v) is 6.92. The molecular weight excluding hydrogens is 254 g/mol. The highest BCUT2D eigenvalue weighted by Crippen LogP contribution is 2.28. The van der Waals surface area contributed by atoms with E-state index < -0.39 is 5.97 Å². The van der Waals surface area contributed by atoms with Crippen molar-refractivity contribution in [1.29, 1.82) is 0 Å². The van der Waals surface area contributed by atoms with Gasteiger partial charge in [0.1, 0.15) is 6.54 Å². The highest BCUT2D eigenvalue weighted by atomic mass is 16.4. The number of carboxylic acid groups (broad SMARTS) is 1. The Kier molecular flexibility index (Phi) is 3.84. The molecule has 20 heavy (non-hydrogen) atoms. The lowest BCUT2D eigenvalue weighted by molar-refractivity contribution is -0.137. The van der Waals surface area contributed by atoms with Crippen LogP contribution in [0.1, 0.15) is 49.5 Å². The lowest BCUT2D eigenvalue weighted by atomic mass is 9.86. The number of aliphatic carboxylic acids is 1. The van der Waals surface area contributed by atoms with Crippen LogP contribution in [0.25, 0.3) is 0 Å². The molecule has 4 nitrogen and oxygen atoms in total. The molecule has 1 aromatic carbocycles. The van der Waals surface area contributed by atoms with E-state index in [-0.39, 0.29) is 23.9 Å². The summed E-state index contributed by atoms with van der Waals surface area (Å²) in [7, 11) is 0. The molecule has 0 atom stereocenters. The minimum atomic E-state index is -0.962. The number of amides is 1. The molecule has 0 aromatic heterocycles. The van der Waals surface area contributed by atoms with E-state index >= 15 is 0 Å². The minimum absolute atomic E-state index is 0.0405. The molecule has 1 aliphatic rings. The fourth-order valence-electron chi connectivity index (χ4n) is 2.18. The maximum absolute atomic E-state index is 12.4. The molecule has 0 saturated heterocycles. The van der Waals surface area contributed by atoms with Crippen molar-refractivity contribution >= 4 is 11.9 Å². The van der Waals surface area contributed by atoms with Crippen LogP contribution in [-0.2, 0) is 10.2 Å². The maximum Gasteiger partial charge on any atom is 0.323 e. The molecule has 1 fully saturated rings. The first-order valence-electron chi connectivity index (χ1n) is 6.92. The summed E-state index contributed by atoms with van der Waals surface area (Å²) in [4.78, 5) is 24.7. The molecule has 1 N–H and O–H groups in total. The van der Waals surface area contributed by atoms with Crippen molar-refractivity contribution < 1.29 is 14.7 Å². The number of nitrogens with zero attached hydrogens (tertiary/aromatic N) is 1. The van der Waals surface area contributed by atoms with Gasteiger partial charge in [0.15, 0.2) is 0 Å². The highest BCUT2D eigenvalue weighted by molar-refractivity contribution is 5.96. The van der Waals surface area contributed by atoms with Gasteiger partial charge >= 0.3 is 5.97 Å². The minimum Gasteiger partial charge on any atom is -0.480 e. The van der Waals surface area contributed by atoms with Gasteiger partial charge < -0.3 is 10.0 Å². The summed E-state index contributed by atoms with van der Waals surface area (Å²) in [6.45, 7) is 6.13. The number of carbonyl (C=O) groups is 2. The molecule has 2 rings (SSSR count). The van der Waals surface area contributed by atoms with Crippen molar-refractivity contribution in [2.75, 3.05) is 6.54 Å². The first-order chi connectivity index (χ1) is 9.29. The van der Waals surface area contributed by atoms with Crippen LogP contribution < -0.4 is 0 Å². The zero-order valence-electron chi connectivity index (χ0n) is 12.2. The van der Waals surface area contributed by atoms with E-state index in [1.807, 2.05) is 12.1 Å². The van der Waals surface area contributed by atoms with Crippen molar-refractivity contribution in [3.05, 3.63) is 35.4 Å². The molecule has 0 heterocycles. The molecule has 0 radical (unpaired) electrons. The Labute approximate surface area is 119 Å². The van der Waals surface area contributed by atoms with Gasteiger partial charge in [-0.25, -0.2) is 0 Å². The van der Waals surface area contributed by atoms with Gasteiger partial charge in [-0.05, 0) is 36.0 Å². The highest BCUT2D eigenvalue weighted by Gasteiger charge is 2.34. The Morgan fingerprint density at radius 2 is 1.75 bits per heavy atom. The molecule has 1 amide bonds. The second kappa shape index (κ2) is 5.27. The van der Waals surface area contributed by atoms with Crippen LogP contribution in [0.4, 0.5) is 0 Å². The summed E-state index contributed by atoms with van der Waals surface area (Å²) in [5.41, 5.74) is 1.76. The lowest BCUT2D eigenvalue weighted by Gasteiger charge is -2.22. The van der Waals surface area contributed by atoms with E-state index in [0.717, 1.165) is 18.4 Å². The predicted octanol–water partition coefficient (Wildman–Crippen LogP) is 2.67. The largest absolute Gasteiger partial charge is 0.480 e.